The number of aryl methyl sites for hydroxylation is 1. The third-order valence-corrected chi connectivity index (χ3v) is 2.85. The first-order valence-electron chi connectivity index (χ1n) is 5.81. The number of nitrogens with zero attached hydrogens (tertiary/aromatic N) is 1. The van der Waals surface area contributed by atoms with Crippen molar-refractivity contribution >= 4 is 28.2 Å². The second-order valence-electron chi connectivity index (χ2n) is 4.30. The fourth-order valence-corrected chi connectivity index (χ4v) is 1.93. The zero-order valence-corrected chi connectivity index (χ0v) is 10.3. The molecular formula is C14H12FN3O. The van der Waals surface area contributed by atoms with Crippen molar-refractivity contribution in [2.75, 3.05) is 11.1 Å². The fraction of sp³-hybridized carbons (Fsp3) is 0.0714. The van der Waals surface area contributed by atoms with Gasteiger partial charge in [0.25, 0.3) is 0 Å². The lowest BCUT2D eigenvalue weighted by molar-refractivity contribution is 0.628. The van der Waals surface area contributed by atoms with E-state index in [0.29, 0.717) is 11.3 Å². The minimum Gasteiger partial charge on any atom is -0.437 e. The smallest absolute Gasteiger partial charge is 0.215 e. The van der Waals surface area contributed by atoms with Gasteiger partial charge in [0.15, 0.2) is 5.58 Å². The van der Waals surface area contributed by atoms with Crippen molar-refractivity contribution in [1.82, 2.24) is 4.98 Å². The Labute approximate surface area is 109 Å². The van der Waals surface area contributed by atoms with Gasteiger partial charge in [0, 0.05) is 16.8 Å². The average Bonchev–Trinajstić information content (AvgIpc) is 2.69. The molecule has 0 aliphatic carbocycles. The summed E-state index contributed by atoms with van der Waals surface area (Å²) in [5.74, 6) is 0.00217. The predicted octanol–water partition coefficient (Wildman–Crippen LogP) is 3.60. The highest BCUT2D eigenvalue weighted by molar-refractivity contribution is 5.98. The van der Waals surface area contributed by atoms with Crippen LogP contribution >= 0.6 is 0 Å². The van der Waals surface area contributed by atoms with Gasteiger partial charge in [-0.15, -0.1) is 0 Å². The molecule has 0 aliphatic rings. The van der Waals surface area contributed by atoms with Gasteiger partial charge < -0.3 is 15.5 Å². The number of hydrogen-bond acceptors (Lipinski definition) is 4. The molecule has 3 aromatic rings. The molecule has 0 bridgehead atoms. The summed E-state index contributed by atoms with van der Waals surface area (Å²) in [6, 6.07) is 7.94. The number of nitrogen functional groups attached to an aromatic ring is 1. The molecule has 0 aliphatic heterocycles. The summed E-state index contributed by atoms with van der Waals surface area (Å²) in [5.41, 5.74) is 8.75. The molecule has 3 rings (SSSR count). The summed E-state index contributed by atoms with van der Waals surface area (Å²) in [5, 5.41) is 3.99. The Hall–Kier alpha value is -2.56. The van der Waals surface area contributed by atoms with Gasteiger partial charge in [-0.2, -0.15) is 0 Å². The number of rotatable bonds is 2. The van der Waals surface area contributed by atoms with Gasteiger partial charge in [0.2, 0.25) is 5.88 Å². The maximum absolute atomic E-state index is 12.9. The van der Waals surface area contributed by atoms with Crippen LogP contribution < -0.4 is 11.1 Å². The molecule has 0 unspecified atom stereocenters. The Balaban J connectivity index is 2.06. The first-order valence-corrected chi connectivity index (χ1v) is 5.81. The number of nitrogens with one attached hydrogen (secondary N) is 1. The van der Waals surface area contributed by atoms with E-state index in [1.165, 1.54) is 12.1 Å². The van der Waals surface area contributed by atoms with E-state index in [2.05, 4.69) is 10.3 Å². The van der Waals surface area contributed by atoms with Crippen LogP contribution in [0.4, 0.5) is 21.6 Å². The number of fused-ring (bicyclic) bond motifs is 1. The molecule has 19 heavy (non-hydrogen) atoms. The lowest BCUT2D eigenvalue weighted by atomic mass is 10.2. The van der Waals surface area contributed by atoms with Crippen LogP contribution in [0.3, 0.4) is 0 Å². The highest BCUT2D eigenvalue weighted by Crippen LogP contribution is 2.34. The van der Waals surface area contributed by atoms with Crippen molar-refractivity contribution < 1.29 is 8.81 Å². The number of furan rings is 1. The van der Waals surface area contributed by atoms with Crippen molar-refractivity contribution in [3.8, 4) is 0 Å². The molecule has 0 atom stereocenters. The molecule has 0 saturated heterocycles. The molecule has 0 saturated carbocycles. The molecule has 3 N–H and O–H groups in total. The predicted molar refractivity (Wildman–Crippen MR) is 72.8 cm³/mol. The lowest BCUT2D eigenvalue weighted by Crippen LogP contribution is -1.93. The van der Waals surface area contributed by atoms with Gasteiger partial charge in [0.05, 0.1) is 6.20 Å². The molecule has 1 aromatic carbocycles. The summed E-state index contributed by atoms with van der Waals surface area (Å²) in [6.45, 7) is 1.89. The average molecular weight is 257 g/mol. The third kappa shape index (κ3) is 2.10. The van der Waals surface area contributed by atoms with E-state index >= 15 is 0 Å². The molecule has 2 heterocycles. The topological polar surface area (TPSA) is 64.1 Å². The maximum atomic E-state index is 12.9. The summed E-state index contributed by atoms with van der Waals surface area (Å²) in [7, 11) is 0. The van der Waals surface area contributed by atoms with E-state index in [4.69, 9.17) is 10.2 Å². The second kappa shape index (κ2) is 4.28. The number of benzene rings is 1. The number of halogens is 1. The lowest BCUT2D eigenvalue weighted by Gasteiger charge is -2.05. The minimum absolute atomic E-state index is 0.282. The third-order valence-electron chi connectivity index (χ3n) is 2.85. The number of anilines is 3. The molecule has 2 aromatic heterocycles. The molecule has 5 heteroatoms. The Bertz CT molecular complexity index is 734. The highest BCUT2D eigenvalue weighted by Gasteiger charge is 2.12. The van der Waals surface area contributed by atoms with Gasteiger partial charge in [-0.3, -0.25) is 4.98 Å². The van der Waals surface area contributed by atoms with Crippen molar-refractivity contribution in [1.29, 1.82) is 0 Å². The van der Waals surface area contributed by atoms with Crippen LogP contribution in [-0.2, 0) is 0 Å². The normalized spacial score (nSPS) is 10.8. The summed E-state index contributed by atoms with van der Waals surface area (Å²) in [4.78, 5) is 4.15. The van der Waals surface area contributed by atoms with Crippen LogP contribution in [0, 0.1) is 12.7 Å². The van der Waals surface area contributed by atoms with Gasteiger partial charge in [-0.1, -0.05) is 0 Å². The number of hydrogen-bond donors (Lipinski definition) is 2. The molecule has 4 nitrogen and oxygen atoms in total. The van der Waals surface area contributed by atoms with Crippen LogP contribution in [-0.4, -0.2) is 4.98 Å². The second-order valence-corrected chi connectivity index (χ2v) is 4.30. The zero-order valence-electron chi connectivity index (χ0n) is 10.3. The first kappa shape index (κ1) is 11.5. The molecule has 0 amide bonds. The van der Waals surface area contributed by atoms with Crippen LogP contribution in [0.15, 0.2) is 40.9 Å². The van der Waals surface area contributed by atoms with E-state index in [0.717, 1.165) is 16.8 Å². The maximum Gasteiger partial charge on any atom is 0.215 e. The van der Waals surface area contributed by atoms with Crippen molar-refractivity contribution in [3.05, 3.63) is 48.0 Å². The van der Waals surface area contributed by atoms with E-state index in [1.807, 2.05) is 13.0 Å². The van der Waals surface area contributed by atoms with Gasteiger partial charge >= 0.3 is 0 Å². The quantitative estimate of drug-likeness (QED) is 0.736. The molecule has 0 fully saturated rings. The Morgan fingerprint density at radius 3 is 2.74 bits per heavy atom. The van der Waals surface area contributed by atoms with Crippen molar-refractivity contribution in [2.45, 2.75) is 6.92 Å². The number of nitrogens with two attached hydrogens (primary N) is 1. The van der Waals surface area contributed by atoms with E-state index in [9.17, 15) is 4.39 Å². The SMILES string of the molecule is Cc1cc2c(Nc3ccc(F)cc3)c(N)oc2cn1. The van der Waals surface area contributed by atoms with Crippen molar-refractivity contribution in [2.24, 2.45) is 0 Å². The zero-order chi connectivity index (χ0) is 13.4. The number of aromatic nitrogens is 1. The summed E-state index contributed by atoms with van der Waals surface area (Å²) < 4.78 is 18.3. The fourth-order valence-electron chi connectivity index (χ4n) is 1.93. The molecule has 0 radical (unpaired) electrons. The summed E-state index contributed by atoms with van der Waals surface area (Å²) >= 11 is 0. The first-order chi connectivity index (χ1) is 9.13. The highest BCUT2D eigenvalue weighted by atomic mass is 19.1. The van der Waals surface area contributed by atoms with E-state index in [-0.39, 0.29) is 11.7 Å². The molecular weight excluding hydrogens is 245 g/mol. The molecule has 0 spiro atoms. The van der Waals surface area contributed by atoms with Crippen molar-refractivity contribution in [3.63, 3.8) is 0 Å². The minimum atomic E-state index is -0.282. The van der Waals surface area contributed by atoms with Crippen LogP contribution in [0.1, 0.15) is 5.69 Å². The largest absolute Gasteiger partial charge is 0.437 e. The Kier molecular flexibility index (Phi) is 2.59. The monoisotopic (exact) mass is 257 g/mol. The Morgan fingerprint density at radius 2 is 2.00 bits per heavy atom. The van der Waals surface area contributed by atoms with E-state index in [1.54, 1.807) is 18.3 Å². The molecule has 96 valence electrons. The standard InChI is InChI=1S/C14H12FN3O/c1-8-6-11-12(7-17-8)19-14(16)13(11)18-10-4-2-9(15)3-5-10/h2-7,18H,16H2,1H3. The van der Waals surface area contributed by atoms with Gasteiger partial charge in [-0.05, 0) is 37.3 Å². The van der Waals surface area contributed by atoms with Crippen LogP contribution in [0.5, 0.6) is 0 Å². The van der Waals surface area contributed by atoms with Crippen LogP contribution in [0.25, 0.3) is 11.0 Å². The van der Waals surface area contributed by atoms with E-state index < -0.39 is 0 Å². The Morgan fingerprint density at radius 1 is 1.26 bits per heavy atom. The van der Waals surface area contributed by atoms with Gasteiger partial charge in [0.1, 0.15) is 11.5 Å². The van der Waals surface area contributed by atoms with Crippen LogP contribution in [0.2, 0.25) is 0 Å². The van der Waals surface area contributed by atoms with Gasteiger partial charge in [-0.25, -0.2) is 4.39 Å². The number of pyridine rings is 1. The summed E-state index contributed by atoms with van der Waals surface area (Å²) in [6.07, 6.45) is 1.64.